The van der Waals surface area contributed by atoms with Gasteiger partial charge < -0.3 is 13.9 Å². The van der Waals surface area contributed by atoms with E-state index in [0.29, 0.717) is 6.61 Å². The van der Waals surface area contributed by atoms with Gasteiger partial charge in [-0.3, -0.25) is 10.1 Å². The highest BCUT2D eigenvalue weighted by Crippen LogP contribution is 2.39. The predicted octanol–water partition coefficient (Wildman–Crippen LogP) is 3.90. The standard InChI is InChI=1S/C15H22FNO5Si/c1-15(2,3)23(4,5)21-9-11-8-20-13-7-10(17(18)19)6-12(16)14(13)22-11/h6-7,11H,8-9H2,1-5H3. The molecule has 1 atom stereocenters. The Hall–Kier alpha value is -1.67. The zero-order chi connectivity index (χ0) is 17.4. The largest absolute Gasteiger partial charge is 0.485 e. The van der Waals surface area contributed by atoms with Crippen LogP contribution in [0.1, 0.15) is 20.8 Å². The van der Waals surface area contributed by atoms with Crippen LogP contribution >= 0.6 is 0 Å². The highest BCUT2D eigenvalue weighted by Gasteiger charge is 2.38. The van der Waals surface area contributed by atoms with Gasteiger partial charge in [0.15, 0.2) is 31.7 Å². The second-order valence-electron chi connectivity index (χ2n) is 7.13. The summed E-state index contributed by atoms with van der Waals surface area (Å²) in [6.07, 6.45) is -0.437. The second-order valence-corrected chi connectivity index (χ2v) is 11.9. The van der Waals surface area contributed by atoms with Crippen LogP contribution in [0, 0.1) is 15.9 Å². The van der Waals surface area contributed by atoms with Crippen LogP contribution in [0.4, 0.5) is 10.1 Å². The Morgan fingerprint density at radius 3 is 2.65 bits per heavy atom. The lowest BCUT2D eigenvalue weighted by atomic mass is 10.2. The summed E-state index contributed by atoms with van der Waals surface area (Å²) in [7, 11) is -1.94. The molecule has 1 aromatic carbocycles. The van der Waals surface area contributed by atoms with Gasteiger partial charge in [0, 0.05) is 0 Å². The molecular weight excluding hydrogens is 321 g/mol. The summed E-state index contributed by atoms with van der Waals surface area (Å²) in [5.41, 5.74) is -0.360. The molecule has 0 N–H and O–H groups in total. The van der Waals surface area contributed by atoms with Crippen molar-refractivity contribution < 1.29 is 23.2 Å². The van der Waals surface area contributed by atoms with E-state index in [9.17, 15) is 14.5 Å². The van der Waals surface area contributed by atoms with Crippen molar-refractivity contribution in [2.75, 3.05) is 13.2 Å². The number of nitro benzene ring substituents is 1. The van der Waals surface area contributed by atoms with Crippen LogP contribution in [0.2, 0.25) is 18.1 Å². The molecule has 0 fully saturated rings. The third kappa shape index (κ3) is 3.81. The zero-order valence-corrected chi connectivity index (χ0v) is 15.0. The number of nitro groups is 1. The van der Waals surface area contributed by atoms with Gasteiger partial charge in [-0.05, 0) is 18.1 Å². The van der Waals surface area contributed by atoms with E-state index < -0.39 is 25.2 Å². The summed E-state index contributed by atoms with van der Waals surface area (Å²) in [5, 5.41) is 10.8. The minimum Gasteiger partial charge on any atom is -0.485 e. The average Bonchev–Trinajstić information content (AvgIpc) is 2.44. The number of hydrogen-bond donors (Lipinski definition) is 0. The lowest BCUT2D eigenvalue weighted by molar-refractivity contribution is -0.385. The SMILES string of the molecule is CC(C)(C)[Si](C)(C)OCC1COc2cc([N+](=O)[O-])cc(F)c2O1. The fourth-order valence-corrected chi connectivity index (χ4v) is 2.90. The summed E-state index contributed by atoms with van der Waals surface area (Å²) in [5.74, 6) is -0.836. The minimum absolute atomic E-state index is 0.0558. The number of hydrogen-bond acceptors (Lipinski definition) is 5. The van der Waals surface area contributed by atoms with E-state index in [1.807, 2.05) is 0 Å². The number of nitrogens with zero attached hydrogens (tertiary/aromatic N) is 1. The molecule has 8 heteroatoms. The van der Waals surface area contributed by atoms with Crippen molar-refractivity contribution in [1.82, 2.24) is 0 Å². The van der Waals surface area contributed by atoms with Gasteiger partial charge in [-0.15, -0.1) is 0 Å². The van der Waals surface area contributed by atoms with E-state index in [0.717, 1.165) is 6.07 Å². The lowest BCUT2D eigenvalue weighted by Crippen LogP contribution is -2.45. The first-order valence-electron chi connectivity index (χ1n) is 7.42. The smallest absolute Gasteiger partial charge is 0.276 e. The highest BCUT2D eigenvalue weighted by atomic mass is 28.4. The summed E-state index contributed by atoms with van der Waals surface area (Å²) in [4.78, 5) is 10.1. The van der Waals surface area contributed by atoms with Crippen molar-refractivity contribution in [1.29, 1.82) is 0 Å². The van der Waals surface area contributed by atoms with Crippen molar-refractivity contribution in [3.05, 3.63) is 28.1 Å². The van der Waals surface area contributed by atoms with E-state index in [2.05, 4.69) is 33.9 Å². The molecule has 0 saturated heterocycles. The van der Waals surface area contributed by atoms with Crippen LogP contribution in [0.25, 0.3) is 0 Å². The van der Waals surface area contributed by atoms with Crippen LogP contribution < -0.4 is 9.47 Å². The first-order valence-corrected chi connectivity index (χ1v) is 10.3. The fraction of sp³-hybridized carbons (Fsp3) is 0.600. The monoisotopic (exact) mass is 343 g/mol. The molecule has 6 nitrogen and oxygen atoms in total. The average molecular weight is 343 g/mol. The van der Waals surface area contributed by atoms with E-state index in [1.54, 1.807) is 0 Å². The second kappa shape index (κ2) is 6.08. The summed E-state index contributed by atoms with van der Waals surface area (Å²) in [6.45, 7) is 11.1. The number of non-ortho nitro benzene ring substituents is 1. The quantitative estimate of drug-likeness (QED) is 0.471. The van der Waals surface area contributed by atoms with E-state index in [4.69, 9.17) is 13.9 Å². The Balaban J connectivity index is 2.08. The maximum Gasteiger partial charge on any atom is 0.276 e. The molecule has 2 rings (SSSR count). The Labute approximate surface area is 135 Å². The van der Waals surface area contributed by atoms with Gasteiger partial charge in [-0.2, -0.15) is 0 Å². The number of halogens is 1. The topological polar surface area (TPSA) is 70.8 Å². The zero-order valence-electron chi connectivity index (χ0n) is 14.0. The lowest BCUT2D eigenvalue weighted by Gasteiger charge is -2.37. The molecule has 1 aromatic rings. The van der Waals surface area contributed by atoms with Gasteiger partial charge in [0.05, 0.1) is 23.7 Å². The van der Waals surface area contributed by atoms with E-state index in [-0.39, 0.29) is 28.8 Å². The molecular formula is C15H22FNO5Si. The van der Waals surface area contributed by atoms with Gasteiger partial charge in [0.25, 0.3) is 5.69 Å². The third-order valence-corrected chi connectivity index (χ3v) is 8.85. The molecule has 0 bridgehead atoms. The first kappa shape index (κ1) is 17.7. The molecule has 23 heavy (non-hydrogen) atoms. The molecule has 0 amide bonds. The van der Waals surface area contributed by atoms with Gasteiger partial charge >= 0.3 is 0 Å². The van der Waals surface area contributed by atoms with Gasteiger partial charge in [0.2, 0.25) is 0 Å². The number of ether oxygens (including phenoxy) is 2. The van der Waals surface area contributed by atoms with Gasteiger partial charge in [-0.25, -0.2) is 4.39 Å². The minimum atomic E-state index is -1.94. The summed E-state index contributed by atoms with van der Waals surface area (Å²) >= 11 is 0. The van der Waals surface area contributed by atoms with Crippen molar-refractivity contribution in [2.45, 2.75) is 45.0 Å². The number of rotatable bonds is 4. The molecule has 128 valence electrons. The van der Waals surface area contributed by atoms with Crippen molar-refractivity contribution in [2.24, 2.45) is 0 Å². The normalized spacial score (nSPS) is 17.9. The van der Waals surface area contributed by atoms with E-state index >= 15 is 0 Å². The van der Waals surface area contributed by atoms with Gasteiger partial charge in [-0.1, -0.05) is 20.8 Å². The summed E-state index contributed by atoms with van der Waals surface area (Å²) < 4.78 is 31.0. The predicted molar refractivity (Wildman–Crippen MR) is 86.1 cm³/mol. The molecule has 0 spiro atoms. The molecule has 0 aromatic heterocycles. The van der Waals surface area contributed by atoms with Crippen molar-refractivity contribution in [3.63, 3.8) is 0 Å². The number of fused-ring (bicyclic) bond motifs is 1. The van der Waals surface area contributed by atoms with Crippen molar-refractivity contribution >= 4 is 14.0 Å². The molecule has 0 saturated carbocycles. The Kier molecular flexibility index (Phi) is 4.68. The van der Waals surface area contributed by atoms with Crippen LogP contribution in [-0.4, -0.2) is 32.6 Å². The van der Waals surface area contributed by atoms with Crippen LogP contribution in [0.3, 0.4) is 0 Å². The third-order valence-electron chi connectivity index (χ3n) is 4.35. The Morgan fingerprint density at radius 2 is 2.09 bits per heavy atom. The fourth-order valence-electron chi connectivity index (χ4n) is 1.86. The highest BCUT2D eigenvalue weighted by molar-refractivity contribution is 6.74. The maximum atomic E-state index is 14.0. The molecule has 0 aliphatic carbocycles. The maximum absolute atomic E-state index is 14.0. The number of benzene rings is 1. The molecule has 0 radical (unpaired) electrons. The van der Waals surface area contributed by atoms with E-state index in [1.165, 1.54) is 6.07 Å². The van der Waals surface area contributed by atoms with Crippen LogP contribution in [-0.2, 0) is 4.43 Å². The van der Waals surface area contributed by atoms with Gasteiger partial charge in [0.1, 0.15) is 6.61 Å². The summed E-state index contributed by atoms with van der Waals surface area (Å²) in [6, 6.07) is 2.00. The molecule has 1 aliphatic rings. The van der Waals surface area contributed by atoms with Crippen molar-refractivity contribution in [3.8, 4) is 11.5 Å². The first-order chi connectivity index (χ1) is 10.5. The molecule has 1 aliphatic heterocycles. The Bertz CT molecular complexity index is 615. The molecule has 1 unspecified atom stereocenters. The van der Waals surface area contributed by atoms with Crippen LogP contribution in [0.5, 0.6) is 11.5 Å². The molecule has 1 heterocycles. The van der Waals surface area contributed by atoms with Crippen LogP contribution in [0.15, 0.2) is 12.1 Å². The Morgan fingerprint density at radius 1 is 1.43 bits per heavy atom.